The molecule has 1 aliphatic heterocycles. The third kappa shape index (κ3) is 33.8. The van der Waals surface area contributed by atoms with Crippen molar-refractivity contribution < 1.29 is 67.4 Å². The molecule has 544 valence electrons. The summed E-state index contributed by atoms with van der Waals surface area (Å²) in [5, 5.41) is 34.6. The van der Waals surface area contributed by atoms with Crippen LogP contribution in [-0.4, -0.2) is 228 Å². The van der Waals surface area contributed by atoms with Crippen LogP contribution in [-0.2, 0) is 68.7 Å². The molecule has 97 heavy (non-hydrogen) atoms. The van der Waals surface area contributed by atoms with E-state index < -0.39 is 157 Å². The molecule has 0 bridgehead atoms. The molecule has 0 radical (unpaired) electrons. The van der Waals surface area contributed by atoms with Crippen LogP contribution in [0.4, 0.5) is 0 Å². The van der Waals surface area contributed by atoms with Gasteiger partial charge >= 0.3 is 5.97 Å². The fourth-order valence-electron chi connectivity index (χ4n) is 9.92. The predicted octanol–water partition coefficient (Wildman–Crippen LogP) is -9.42. The van der Waals surface area contributed by atoms with Crippen LogP contribution in [0.15, 0.2) is 27.5 Å². The molecule has 12 amide bonds. The number of nitrogens with one attached hydrogen (secondary N) is 11. The van der Waals surface area contributed by atoms with Gasteiger partial charge in [0.15, 0.2) is 17.9 Å². The lowest BCUT2D eigenvalue weighted by atomic mass is 10.0. The number of aromatic amines is 1. The molecule has 32 N–H and O–H groups in total. The van der Waals surface area contributed by atoms with Crippen LogP contribution in [0.1, 0.15) is 128 Å². The molecule has 1 fully saturated rings. The van der Waals surface area contributed by atoms with Crippen molar-refractivity contribution in [3.63, 3.8) is 0 Å². The number of carboxylic acids is 1. The first kappa shape index (κ1) is 83.1. The van der Waals surface area contributed by atoms with Crippen molar-refractivity contribution in [2.45, 2.75) is 183 Å². The molecule has 1 aliphatic rings. The van der Waals surface area contributed by atoms with E-state index in [2.05, 4.69) is 78.1 Å². The van der Waals surface area contributed by atoms with Gasteiger partial charge in [-0.3, -0.25) is 77.3 Å². The number of aromatic nitrogens is 2. The molecule has 40 heteroatoms. The minimum Gasteiger partial charge on any atom is -0.480 e. The van der Waals surface area contributed by atoms with Gasteiger partial charge in [-0.25, -0.2) is 4.98 Å². The highest BCUT2D eigenvalue weighted by Crippen LogP contribution is 2.19. The van der Waals surface area contributed by atoms with Crippen LogP contribution in [0, 0.1) is 0 Å². The number of unbranched alkanes of at least 4 members (excludes halogenated alkanes) is 3. The average molecular weight is 1380 g/mol. The lowest BCUT2D eigenvalue weighted by Gasteiger charge is -2.28. The Labute approximate surface area is 561 Å². The number of carboxylic acid groups (broad SMARTS) is 1. The van der Waals surface area contributed by atoms with E-state index in [9.17, 15) is 62.3 Å². The quantitative estimate of drug-likeness (QED) is 0.0164. The van der Waals surface area contributed by atoms with Gasteiger partial charge < -0.3 is 125 Å². The van der Waals surface area contributed by atoms with Crippen molar-refractivity contribution in [2.75, 3.05) is 58.9 Å². The normalized spacial score (nSPS) is 14.9. The Morgan fingerprint density at radius 3 is 1.33 bits per heavy atom. The van der Waals surface area contributed by atoms with Crippen molar-refractivity contribution in [1.29, 1.82) is 0 Å². The average Bonchev–Trinajstić information content (AvgIpc) is 1.80. The first-order valence-corrected chi connectivity index (χ1v) is 32.1. The maximum atomic E-state index is 14.5. The number of guanidine groups is 3. The SMILES string of the molecule is CCCC[C@H](NC(=O)[C@H](CCCCN)NC(=O)[C@H](CCCN=C(N)N)NC(=O)[C@H](CCCN=C(N)N)NC(=O)[C@H](CCCN=C(N)N)NC(=O)CN)C(=O)N[C@@H](Cc1cnc[nH]1)C(=O)NCC(=O)N1CCC[C@H]1C(=O)N[C@@H](CC(N)=O)C(=O)N[C@@H](CCCCN)C(=O)NCC(=O)O. The van der Waals surface area contributed by atoms with Gasteiger partial charge in [-0.2, -0.15) is 0 Å². The highest BCUT2D eigenvalue weighted by atomic mass is 16.4. The van der Waals surface area contributed by atoms with Crippen molar-refractivity contribution in [3.05, 3.63) is 18.2 Å². The zero-order valence-electron chi connectivity index (χ0n) is 54.9. The smallest absolute Gasteiger partial charge is 0.322 e. The molecule has 1 aromatic rings. The number of aliphatic imine (C=N–C) groups is 3. The number of carbonyl (C=O) groups is 13. The van der Waals surface area contributed by atoms with Crippen molar-refractivity contribution in [2.24, 2.45) is 72.3 Å². The van der Waals surface area contributed by atoms with Crippen LogP contribution in [0.5, 0.6) is 0 Å². The van der Waals surface area contributed by atoms with Crippen LogP contribution in [0.2, 0.25) is 0 Å². The zero-order chi connectivity index (χ0) is 72.4. The van der Waals surface area contributed by atoms with E-state index >= 15 is 0 Å². The summed E-state index contributed by atoms with van der Waals surface area (Å²) in [6, 6.07) is -12.3. The van der Waals surface area contributed by atoms with Crippen LogP contribution < -0.4 is 111 Å². The Bertz CT molecular complexity index is 2830. The number of hydrogen-bond donors (Lipinski definition) is 22. The summed E-state index contributed by atoms with van der Waals surface area (Å²) in [6.07, 6.45) is 4.83. The topological polar surface area (TPSA) is 692 Å². The Hall–Kier alpha value is -9.99. The summed E-state index contributed by atoms with van der Waals surface area (Å²) in [7, 11) is 0. The molecule has 0 spiro atoms. The third-order valence-electron chi connectivity index (χ3n) is 14.9. The van der Waals surface area contributed by atoms with E-state index in [1.165, 1.54) is 12.5 Å². The van der Waals surface area contributed by atoms with E-state index in [0.717, 1.165) is 4.90 Å². The number of nitrogens with two attached hydrogens (primary N) is 10. The largest absolute Gasteiger partial charge is 0.480 e. The number of amides is 12. The van der Waals surface area contributed by atoms with E-state index in [-0.39, 0.29) is 134 Å². The second kappa shape index (κ2) is 46.2. The molecule has 1 saturated heterocycles. The zero-order valence-corrected chi connectivity index (χ0v) is 54.9. The molecule has 2 rings (SSSR count). The first-order chi connectivity index (χ1) is 46.1. The van der Waals surface area contributed by atoms with Gasteiger partial charge in [0.25, 0.3) is 0 Å². The molecular weight excluding hydrogens is 1270 g/mol. The lowest BCUT2D eigenvalue weighted by molar-refractivity contribution is -0.140. The summed E-state index contributed by atoms with van der Waals surface area (Å²) in [6.45, 7) is 0.504. The molecular formula is C57H102N26O14. The number of primary amides is 1. The Morgan fingerprint density at radius 1 is 0.526 bits per heavy atom. The number of imidazole rings is 1. The molecule has 2 heterocycles. The summed E-state index contributed by atoms with van der Waals surface area (Å²) >= 11 is 0. The summed E-state index contributed by atoms with van der Waals surface area (Å²) < 4.78 is 0. The fourth-order valence-corrected chi connectivity index (χ4v) is 9.92. The number of likely N-dealkylation sites (tertiary alicyclic amines) is 1. The van der Waals surface area contributed by atoms with E-state index in [1.54, 1.807) is 0 Å². The highest BCUT2D eigenvalue weighted by molar-refractivity contribution is 5.99. The van der Waals surface area contributed by atoms with Crippen LogP contribution >= 0.6 is 0 Å². The van der Waals surface area contributed by atoms with Crippen LogP contribution in [0.3, 0.4) is 0 Å². The Kier molecular flexibility index (Phi) is 39.6. The number of rotatable bonds is 49. The van der Waals surface area contributed by atoms with Crippen molar-refractivity contribution in [1.82, 2.24) is 68.0 Å². The lowest BCUT2D eigenvalue weighted by Crippen LogP contribution is -2.60. The second-order valence-electron chi connectivity index (χ2n) is 22.8. The Morgan fingerprint density at radius 2 is 0.928 bits per heavy atom. The van der Waals surface area contributed by atoms with E-state index in [1.807, 2.05) is 6.92 Å². The molecule has 0 aliphatic carbocycles. The first-order valence-electron chi connectivity index (χ1n) is 32.1. The van der Waals surface area contributed by atoms with E-state index in [0.29, 0.717) is 44.2 Å². The third-order valence-corrected chi connectivity index (χ3v) is 14.9. The number of aliphatic carboxylic acids is 1. The number of nitrogens with zero attached hydrogens (tertiary/aromatic N) is 5. The monoisotopic (exact) mass is 1370 g/mol. The standard InChI is InChI=1S/C57H102N26O14/c1-2-3-12-35(52(95)81-39(25-32-28-68-31-74-32)47(90)72-29-44(86)83-24-11-18-41(83)54(97)82-40(26-42(61)84)53(96)76-33(13-4-6-19-58)46(89)73-30-45(87)88)77-49(92)36(14-5-7-20-59)78-50(93)38(17-10-23-71-57(66)67)80-51(94)37(16-9-22-70-56(64)65)79-48(91)34(75-43(85)27-60)15-8-21-69-55(62)63/h28,31,33-41H,2-27,29-30,58-60H2,1H3,(H2,61,84)(H,68,74)(H,72,90)(H,73,89)(H,75,85)(H,76,96)(H,77,92)(H,78,93)(H,79,91)(H,80,94)(H,81,95)(H,82,97)(H,87,88)(H4,62,63,69)(H4,64,65,70)(H4,66,67,71)/t33-,34-,35-,36-,37-,38-,39-,40-,41-/m0/s1. The molecule has 1 aromatic heterocycles. The van der Waals surface area contributed by atoms with Crippen molar-refractivity contribution >= 4 is 94.7 Å². The van der Waals surface area contributed by atoms with Gasteiger partial charge in [0.05, 0.1) is 25.8 Å². The second-order valence-corrected chi connectivity index (χ2v) is 22.8. The Balaban J connectivity index is 2.45. The van der Waals surface area contributed by atoms with Crippen molar-refractivity contribution in [3.8, 4) is 0 Å². The maximum Gasteiger partial charge on any atom is 0.322 e. The molecule has 40 nitrogen and oxygen atoms in total. The van der Waals surface area contributed by atoms with Crippen LogP contribution in [0.25, 0.3) is 0 Å². The number of hydrogen-bond acceptors (Lipinski definition) is 20. The molecule has 0 saturated carbocycles. The molecule has 0 unspecified atom stereocenters. The molecule has 9 atom stereocenters. The summed E-state index contributed by atoms with van der Waals surface area (Å²) in [4.78, 5) is 196. The van der Waals surface area contributed by atoms with Gasteiger partial charge in [0, 0.05) is 44.5 Å². The van der Waals surface area contributed by atoms with Gasteiger partial charge in [-0.05, 0) is 109 Å². The predicted molar refractivity (Wildman–Crippen MR) is 354 cm³/mol. The molecule has 0 aromatic carbocycles. The fraction of sp³-hybridized carbons (Fsp3) is 0.667. The summed E-state index contributed by atoms with van der Waals surface area (Å²) in [5.41, 5.74) is 55.8. The van der Waals surface area contributed by atoms with Gasteiger partial charge in [-0.15, -0.1) is 0 Å². The van der Waals surface area contributed by atoms with E-state index in [4.69, 9.17) is 62.4 Å². The van der Waals surface area contributed by atoms with Gasteiger partial charge in [0.1, 0.15) is 60.9 Å². The highest BCUT2D eigenvalue weighted by Gasteiger charge is 2.39. The number of H-pyrrole nitrogens is 1. The summed E-state index contributed by atoms with van der Waals surface area (Å²) in [5.74, 6) is -12.3. The van der Waals surface area contributed by atoms with Gasteiger partial charge in [0.2, 0.25) is 70.9 Å². The minimum atomic E-state index is -1.64. The number of carbonyl (C=O) groups excluding carboxylic acids is 12. The maximum absolute atomic E-state index is 14.5. The minimum absolute atomic E-state index is 0.000702. The van der Waals surface area contributed by atoms with Gasteiger partial charge in [-0.1, -0.05) is 19.8 Å².